The Morgan fingerprint density at radius 2 is 2.00 bits per heavy atom. The molecular weight excluding hydrogens is 322 g/mol. The summed E-state index contributed by atoms with van der Waals surface area (Å²) in [5.41, 5.74) is 2.03. The van der Waals surface area contributed by atoms with Crippen molar-refractivity contribution < 1.29 is 4.79 Å². The van der Waals surface area contributed by atoms with Crippen molar-refractivity contribution in [3.8, 4) is 0 Å². The summed E-state index contributed by atoms with van der Waals surface area (Å²) in [4.78, 5) is 23.6. The van der Waals surface area contributed by atoms with Gasteiger partial charge < -0.3 is 4.90 Å². The zero-order chi connectivity index (χ0) is 16.9. The first kappa shape index (κ1) is 15.8. The Balaban J connectivity index is 1.44. The van der Waals surface area contributed by atoms with Crippen molar-refractivity contribution in [2.75, 3.05) is 13.1 Å². The van der Waals surface area contributed by atoms with Crippen LogP contribution in [0.15, 0.2) is 24.4 Å². The third-order valence-electron chi connectivity index (χ3n) is 5.57. The van der Waals surface area contributed by atoms with Gasteiger partial charge in [0.1, 0.15) is 0 Å². The third-order valence-corrected chi connectivity index (χ3v) is 5.77. The van der Waals surface area contributed by atoms with Gasteiger partial charge in [-0.1, -0.05) is 25.4 Å². The van der Waals surface area contributed by atoms with Crippen molar-refractivity contribution in [1.82, 2.24) is 14.9 Å². The van der Waals surface area contributed by atoms with Crippen molar-refractivity contribution in [3.63, 3.8) is 0 Å². The van der Waals surface area contributed by atoms with Crippen LogP contribution in [0, 0.1) is 11.3 Å². The molecule has 0 spiro atoms. The maximum Gasteiger partial charge on any atom is 0.226 e. The number of pyridine rings is 2. The number of aromatic nitrogens is 2. The molecule has 2 aromatic heterocycles. The minimum Gasteiger partial charge on any atom is -0.342 e. The van der Waals surface area contributed by atoms with E-state index in [0.29, 0.717) is 16.8 Å². The van der Waals surface area contributed by atoms with Gasteiger partial charge in [0.15, 0.2) is 5.65 Å². The summed E-state index contributed by atoms with van der Waals surface area (Å²) in [5.74, 6) is 0.992. The van der Waals surface area contributed by atoms with Gasteiger partial charge in [-0.25, -0.2) is 9.97 Å². The zero-order valence-electron chi connectivity index (χ0n) is 14.1. The molecule has 1 aliphatic heterocycles. The first-order valence-corrected chi connectivity index (χ1v) is 9.03. The highest BCUT2D eigenvalue weighted by molar-refractivity contribution is 6.31. The molecule has 0 N–H and O–H groups in total. The van der Waals surface area contributed by atoms with Crippen LogP contribution < -0.4 is 0 Å². The van der Waals surface area contributed by atoms with Gasteiger partial charge in [0.05, 0.1) is 5.02 Å². The predicted molar refractivity (Wildman–Crippen MR) is 95.0 cm³/mol. The minimum absolute atomic E-state index is 0.209. The molecule has 1 aliphatic carbocycles. The molecule has 5 heteroatoms. The standard InChI is InChI=1S/C19H22ClN3O/c1-19(2)10-15(19)18(24)23-7-5-12(6-8-23)16-4-3-13-9-14(20)11-21-17(13)22-16/h3-4,9,11-12,15H,5-8,10H2,1-2H3. The van der Waals surface area contributed by atoms with E-state index in [4.69, 9.17) is 16.6 Å². The van der Waals surface area contributed by atoms with Gasteiger partial charge in [0, 0.05) is 42.2 Å². The maximum absolute atomic E-state index is 12.5. The van der Waals surface area contributed by atoms with E-state index in [2.05, 4.69) is 29.8 Å². The number of piperidine rings is 1. The van der Waals surface area contributed by atoms with Crippen LogP contribution in [0.4, 0.5) is 0 Å². The average molecular weight is 344 g/mol. The van der Waals surface area contributed by atoms with E-state index in [9.17, 15) is 4.79 Å². The molecule has 126 valence electrons. The Labute approximate surface area is 147 Å². The number of likely N-dealkylation sites (tertiary alicyclic amines) is 1. The summed E-state index contributed by atoms with van der Waals surface area (Å²) in [5, 5.41) is 1.60. The van der Waals surface area contributed by atoms with Gasteiger partial charge in [0.2, 0.25) is 5.91 Å². The predicted octanol–water partition coefficient (Wildman–Crippen LogP) is 4.04. The SMILES string of the molecule is CC1(C)CC1C(=O)N1CCC(c2ccc3cc(Cl)cnc3n2)CC1. The first-order valence-electron chi connectivity index (χ1n) is 8.65. The summed E-state index contributed by atoms with van der Waals surface area (Å²) in [6.07, 6.45) is 4.63. The number of halogens is 1. The van der Waals surface area contributed by atoms with E-state index in [0.717, 1.165) is 49.1 Å². The fraction of sp³-hybridized carbons (Fsp3) is 0.526. The van der Waals surface area contributed by atoms with Crippen molar-refractivity contribution >= 4 is 28.5 Å². The van der Waals surface area contributed by atoms with Crippen molar-refractivity contribution in [2.45, 2.75) is 39.0 Å². The minimum atomic E-state index is 0.209. The largest absolute Gasteiger partial charge is 0.342 e. The number of rotatable bonds is 2. The molecule has 2 aliphatic rings. The molecule has 24 heavy (non-hydrogen) atoms. The summed E-state index contributed by atoms with van der Waals surface area (Å²) in [7, 11) is 0. The quantitative estimate of drug-likeness (QED) is 0.826. The topological polar surface area (TPSA) is 46.1 Å². The molecule has 1 saturated heterocycles. The lowest BCUT2D eigenvalue weighted by Crippen LogP contribution is -2.39. The Hall–Kier alpha value is -1.68. The maximum atomic E-state index is 12.5. The van der Waals surface area contributed by atoms with Crippen LogP contribution in [-0.2, 0) is 4.79 Å². The van der Waals surface area contributed by atoms with Crippen LogP contribution >= 0.6 is 11.6 Å². The van der Waals surface area contributed by atoms with E-state index in [1.165, 1.54) is 0 Å². The van der Waals surface area contributed by atoms with Crippen molar-refractivity contribution in [3.05, 3.63) is 35.1 Å². The van der Waals surface area contributed by atoms with Crippen LogP contribution in [0.3, 0.4) is 0 Å². The Bertz CT molecular complexity index is 796. The number of hydrogen-bond donors (Lipinski definition) is 0. The number of fused-ring (bicyclic) bond motifs is 1. The molecule has 0 aromatic carbocycles. The van der Waals surface area contributed by atoms with E-state index in [1.54, 1.807) is 6.20 Å². The fourth-order valence-electron chi connectivity index (χ4n) is 3.73. The van der Waals surface area contributed by atoms with E-state index < -0.39 is 0 Å². The van der Waals surface area contributed by atoms with Gasteiger partial charge in [0.25, 0.3) is 0 Å². The second kappa shape index (κ2) is 5.69. The highest BCUT2D eigenvalue weighted by atomic mass is 35.5. The second-order valence-electron chi connectivity index (χ2n) is 7.78. The van der Waals surface area contributed by atoms with E-state index in [-0.39, 0.29) is 11.3 Å². The third kappa shape index (κ3) is 2.88. The van der Waals surface area contributed by atoms with E-state index in [1.807, 2.05) is 12.1 Å². The molecule has 3 heterocycles. The van der Waals surface area contributed by atoms with Crippen LogP contribution in [-0.4, -0.2) is 33.9 Å². The molecule has 2 fully saturated rings. The van der Waals surface area contributed by atoms with Crippen LogP contribution in [0.2, 0.25) is 5.02 Å². The molecule has 1 saturated carbocycles. The highest BCUT2D eigenvalue weighted by Gasteiger charge is 2.52. The molecule has 1 unspecified atom stereocenters. The van der Waals surface area contributed by atoms with Gasteiger partial charge in [-0.15, -0.1) is 0 Å². The van der Waals surface area contributed by atoms with Crippen molar-refractivity contribution in [2.24, 2.45) is 11.3 Å². The number of amides is 1. The van der Waals surface area contributed by atoms with Crippen LogP contribution in [0.25, 0.3) is 11.0 Å². The number of carbonyl (C=O) groups is 1. The lowest BCUT2D eigenvalue weighted by molar-refractivity contribution is -0.134. The Kier molecular flexibility index (Phi) is 3.75. The lowest BCUT2D eigenvalue weighted by atomic mass is 9.92. The molecule has 0 bridgehead atoms. The summed E-state index contributed by atoms with van der Waals surface area (Å²) in [6, 6.07) is 6.01. The normalized spacial score (nSPS) is 23.5. The summed E-state index contributed by atoms with van der Waals surface area (Å²) in [6.45, 7) is 6.04. The molecule has 1 atom stereocenters. The van der Waals surface area contributed by atoms with Gasteiger partial charge in [-0.05, 0) is 42.9 Å². The molecule has 2 aromatic rings. The van der Waals surface area contributed by atoms with Crippen molar-refractivity contribution in [1.29, 1.82) is 0 Å². The average Bonchev–Trinajstić information content (AvgIpc) is 3.22. The number of carbonyl (C=O) groups excluding carboxylic acids is 1. The van der Waals surface area contributed by atoms with Gasteiger partial charge in [-0.3, -0.25) is 4.79 Å². The smallest absolute Gasteiger partial charge is 0.226 e. The Morgan fingerprint density at radius 3 is 2.67 bits per heavy atom. The fourth-order valence-corrected chi connectivity index (χ4v) is 3.90. The number of hydrogen-bond acceptors (Lipinski definition) is 3. The molecule has 4 nitrogen and oxygen atoms in total. The Morgan fingerprint density at radius 1 is 1.29 bits per heavy atom. The highest BCUT2D eigenvalue weighted by Crippen LogP contribution is 2.52. The van der Waals surface area contributed by atoms with Crippen LogP contribution in [0.5, 0.6) is 0 Å². The van der Waals surface area contributed by atoms with Gasteiger partial charge in [-0.2, -0.15) is 0 Å². The first-order chi connectivity index (χ1) is 11.4. The van der Waals surface area contributed by atoms with Gasteiger partial charge >= 0.3 is 0 Å². The second-order valence-corrected chi connectivity index (χ2v) is 8.22. The molecule has 1 amide bonds. The van der Waals surface area contributed by atoms with E-state index >= 15 is 0 Å². The molecule has 4 rings (SSSR count). The summed E-state index contributed by atoms with van der Waals surface area (Å²) >= 11 is 5.98. The lowest BCUT2D eigenvalue weighted by Gasteiger charge is -2.32. The molecule has 0 radical (unpaired) electrons. The molecular formula is C19H22ClN3O. The van der Waals surface area contributed by atoms with Crippen LogP contribution in [0.1, 0.15) is 44.7 Å². The zero-order valence-corrected chi connectivity index (χ0v) is 14.9. The number of nitrogens with zero attached hydrogens (tertiary/aromatic N) is 3. The summed E-state index contributed by atoms with van der Waals surface area (Å²) < 4.78 is 0. The monoisotopic (exact) mass is 343 g/mol.